The Labute approximate surface area is 165 Å². The zero-order valence-corrected chi connectivity index (χ0v) is 16.0. The highest BCUT2D eigenvalue weighted by atomic mass is 16.5. The smallest absolute Gasteiger partial charge is 0.260 e. The summed E-state index contributed by atoms with van der Waals surface area (Å²) in [7, 11) is 0. The number of rotatable bonds is 7. The lowest BCUT2D eigenvalue weighted by atomic mass is 9.96. The molecule has 1 N–H and O–H groups in total. The number of para-hydroxylation sites is 1. The van der Waals surface area contributed by atoms with E-state index in [9.17, 15) is 9.59 Å². The number of likely N-dealkylation sites (tertiary alicyclic amines) is 1. The third-order valence-corrected chi connectivity index (χ3v) is 4.85. The normalized spacial score (nSPS) is 16.1. The molecule has 1 aliphatic heterocycles. The highest BCUT2D eigenvalue weighted by Crippen LogP contribution is 2.17. The van der Waals surface area contributed by atoms with Crippen LogP contribution < -0.4 is 10.1 Å². The summed E-state index contributed by atoms with van der Waals surface area (Å²) in [5.41, 5.74) is 0. The van der Waals surface area contributed by atoms with Crippen molar-refractivity contribution in [2.75, 3.05) is 19.6 Å². The first-order valence-corrected chi connectivity index (χ1v) is 9.61. The van der Waals surface area contributed by atoms with Crippen LogP contribution in [0.5, 0.6) is 5.75 Å². The summed E-state index contributed by atoms with van der Waals surface area (Å²) in [5, 5.41) is 2.97. The Bertz CT molecular complexity index is 778. The second-order valence-corrected chi connectivity index (χ2v) is 6.94. The van der Waals surface area contributed by atoms with Crippen LogP contribution in [0.1, 0.15) is 25.5 Å². The van der Waals surface area contributed by atoms with Gasteiger partial charge in [-0.2, -0.15) is 0 Å². The number of piperidine rings is 1. The Hall–Kier alpha value is -3.02. The summed E-state index contributed by atoms with van der Waals surface area (Å²) in [6.07, 6.45) is 6.00. The van der Waals surface area contributed by atoms with E-state index in [1.54, 1.807) is 37.5 Å². The van der Waals surface area contributed by atoms with E-state index in [1.807, 2.05) is 35.2 Å². The number of benzene rings is 1. The van der Waals surface area contributed by atoms with Gasteiger partial charge in [-0.05, 0) is 56.0 Å². The molecule has 1 saturated heterocycles. The van der Waals surface area contributed by atoms with Crippen LogP contribution in [0.4, 0.5) is 0 Å². The summed E-state index contributed by atoms with van der Waals surface area (Å²) in [4.78, 5) is 26.3. The van der Waals surface area contributed by atoms with E-state index in [0.717, 1.165) is 12.8 Å². The van der Waals surface area contributed by atoms with Crippen molar-refractivity contribution in [3.8, 4) is 5.75 Å². The van der Waals surface area contributed by atoms with Gasteiger partial charge in [0.15, 0.2) is 6.10 Å². The Kier molecular flexibility index (Phi) is 6.89. The number of carbonyl (C=O) groups is 2. The first kappa shape index (κ1) is 19.7. The van der Waals surface area contributed by atoms with E-state index in [2.05, 4.69) is 5.32 Å². The maximum absolute atomic E-state index is 12.2. The predicted molar refractivity (Wildman–Crippen MR) is 107 cm³/mol. The van der Waals surface area contributed by atoms with Gasteiger partial charge in [-0.1, -0.05) is 18.2 Å². The molecule has 0 saturated carbocycles. The lowest BCUT2D eigenvalue weighted by molar-refractivity contribution is -0.129. The van der Waals surface area contributed by atoms with Crippen molar-refractivity contribution in [3.63, 3.8) is 0 Å². The van der Waals surface area contributed by atoms with E-state index in [-0.39, 0.29) is 11.8 Å². The molecule has 1 unspecified atom stereocenters. The molecule has 1 aromatic heterocycles. The highest BCUT2D eigenvalue weighted by Gasteiger charge is 2.23. The van der Waals surface area contributed by atoms with Crippen LogP contribution in [0.2, 0.25) is 0 Å². The Morgan fingerprint density at radius 3 is 2.64 bits per heavy atom. The molecule has 2 amide bonds. The third-order valence-electron chi connectivity index (χ3n) is 4.85. The van der Waals surface area contributed by atoms with Crippen LogP contribution in [0.25, 0.3) is 6.08 Å². The fourth-order valence-corrected chi connectivity index (χ4v) is 3.15. The minimum absolute atomic E-state index is 0.0104. The molecule has 0 radical (unpaired) electrons. The number of nitrogens with zero attached hydrogens (tertiary/aromatic N) is 1. The van der Waals surface area contributed by atoms with E-state index in [1.165, 1.54) is 0 Å². The fraction of sp³-hybridized carbons (Fsp3) is 0.364. The minimum Gasteiger partial charge on any atom is -0.481 e. The topological polar surface area (TPSA) is 71.8 Å². The maximum Gasteiger partial charge on any atom is 0.260 e. The van der Waals surface area contributed by atoms with Crippen molar-refractivity contribution in [2.45, 2.75) is 25.9 Å². The lowest BCUT2D eigenvalue weighted by Gasteiger charge is -2.31. The van der Waals surface area contributed by atoms with Crippen molar-refractivity contribution >= 4 is 17.9 Å². The number of hydrogen-bond donors (Lipinski definition) is 1. The Balaban J connectivity index is 1.37. The van der Waals surface area contributed by atoms with Gasteiger partial charge in [0.05, 0.1) is 6.26 Å². The standard InChI is InChI=1S/C22H26N2O4/c1-17(28-20-6-3-2-4-7-20)22(26)23-16-18-11-13-24(14-12-18)21(25)10-9-19-8-5-15-27-19/h2-10,15,17-18H,11-14,16H2,1H3,(H,23,26)/b10-9+. The lowest BCUT2D eigenvalue weighted by Crippen LogP contribution is -2.43. The minimum atomic E-state index is -0.546. The molecule has 148 valence electrons. The summed E-state index contributed by atoms with van der Waals surface area (Å²) >= 11 is 0. The molecular formula is C22H26N2O4. The van der Waals surface area contributed by atoms with Crippen LogP contribution in [0.15, 0.2) is 59.2 Å². The van der Waals surface area contributed by atoms with E-state index >= 15 is 0 Å². The van der Waals surface area contributed by atoms with Crippen LogP contribution in [0.3, 0.4) is 0 Å². The molecule has 6 heteroatoms. The number of nitrogens with one attached hydrogen (secondary N) is 1. The van der Waals surface area contributed by atoms with Crippen molar-refractivity contribution in [2.24, 2.45) is 5.92 Å². The van der Waals surface area contributed by atoms with Gasteiger partial charge < -0.3 is 19.4 Å². The average molecular weight is 382 g/mol. The van der Waals surface area contributed by atoms with Crippen LogP contribution >= 0.6 is 0 Å². The highest BCUT2D eigenvalue weighted by molar-refractivity contribution is 5.91. The van der Waals surface area contributed by atoms with Crippen LogP contribution in [-0.2, 0) is 9.59 Å². The van der Waals surface area contributed by atoms with Crippen LogP contribution in [0, 0.1) is 5.92 Å². The molecule has 0 spiro atoms. The predicted octanol–water partition coefficient (Wildman–Crippen LogP) is 3.12. The second kappa shape index (κ2) is 9.78. The molecule has 1 aromatic carbocycles. The SMILES string of the molecule is CC(Oc1ccccc1)C(=O)NCC1CCN(C(=O)/C=C/c2ccco2)CC1. The van der Waals surface area contributed by atoms with Crippen LogP contribution in [-0.4, -0.2) is 42.5 Å². The fourth-order valence-electron chi connectivity index (χ4n) is 3.15. The van der Waals surface area contributed by atoms with Gasteiger partial charge in [0.25, 0.3) is 5.91 Å². The molecule has 6 nitrogen and oxygen atoms in total. The quantitative estimate of drug-likeness (QED) is 0.747. The Morgan fingerprint density at radius 1 is 1.21 bits per heavy atom. The van der Waals surface area contributed by atoms with E-state index < -0.39 is 6.10 Å². The molecule has 1 fully saturated rings. The molecule has 0 aliphatic carbocycles. The molecule has 3 rings (SSSR count). The average Bonchev–Trinajstić information content (AvgIpc) is 3.25. The summed E-state index contributed by atoms with van der Waals surface area (Å²) < 4.78 is 10.8. The van der Waals surface area contributed by atoms with Gasteiger partial charge in [-0.15, -0.1) is 0 Å². The van der Waals surface area contributed by atoms with Crippen molar-refractivity contribution in [1.82, 2.24) is 10.2 Å². The molecule has 28 heavy (non-hydrogen) atoms. The van der Waals surface area contributed by atoms with Gasteiger partial charge in [-0.25, -0.2) is 0 Å². The molecule has 2 aromatic rings. The van der Waals surface area contributed by atoms with Gasteiger partial charge >= 0.3 is 0 Å². The zero-order valence-electron chi connectivity index (χ0n) is 16.0. The van der Waals surface area contributed by atoms with Gasteiger partial charge in [0.2, 0.25) is 5.91 Å². The molecule has 2 heterocycles. The second-order valence-electron chi connectivity index (χ2n) is 6.94. The zero-order chi connectivity index (χ0) is 19.8. The molecular weight excluding hydrogens is 356 g/mol. The molecule has 1 aliphatic rings. The summed E-state index contributed by atoms with van der Waals surface area (Å²) in [5.74, 6) is 1.58. The first-order valence-electron chi connectivity index (χ1n) is 9.61. The number of carbonyl (C=O) groups excluding carboxylic acids is 2. The number of ether oxygens (including phenoxy) is 1. The van der Waals surface area contributed by atoms with Gasteiger partial charge in [0, 0.05) is 25.7 Å². The van der Waals surface area contributed by atoms with Gasteiger partial charge in [-0.3, -0.25) is 9.59 Å². The number of hydrogen-bond acceptors (Lipinski definition) is 4. The third kappa shape index (κ3) is 5.74. The van der Waals surface area contributed by atoms with Crippen molar-refractivity contribution in [3.05, 3.63) is 60.6 Å². The number of amides is 2. The molecule has 1 atom stereocenters. The molecule has 0 bridgehead atoms. The number of furan rings is 1. The largest absolute Gasteiger partial charge is 0.481 e. The first-order chi connectivity index (χ1) is 13.6. The van der Waals surface area contributed by atoms with E-state index in [4.69, 9.17) is 9.15 Å². The van der Waals surface area contributed by atoms with Crippen molar-refractivity contribution < 1.29 is 18.7 Å². The van der Waals surface area contributed by atoms with Gasteiger partial charge in [0.1, 0.15) is 11.5 Å². The maximum atomic E-state index is 12.2. The Morgan fingerprint density at radius 2 is 1.96 bits per heavy atom. The summed E-state index contributed by atoms with van der Waals surface area (Å²) in [6, 6.07) is 12.9. The van der Waals surface area contributed by atoms with Crippen molar-refractivity contribution in [1.29, 1.82) is 0 Å². The monoisotopic (exact) mass is 382 g/mol. The van der Waals surface area contributed by atoms with E-state index in [0.29, 0.717) is 37.1 Å². The summed E-state index contributed by atoms with van der Waals surface area (Å²) in [6.45, 7) is 3.73.